The molecule has 0 atom stereocenters. The molecule has 0 saturated carbocycles. The van der Waals surface area contributed by atoms with Crippen LogP contribution in [0, 0.1) is 0 Å². The van der Waals surface area contributed by atoms with E-state index in [0.717, 1.165) is 12.1 Å². The van der Waals surface area contributed by atoms with Crippen LogP contribution in [0.5, 0.6) is 0 Å². The van der Waals surface area contributed by atoms with E-state index in [1.54, 1.807) is 13.1 Å². The zero-order valence-electron chi connectivity index (χ0n) is 9.36. The Bertz CT molecular complexity index is 337. The SMILES string of the molecule is CCOC(=O)c1cncc(CN(C)C)c1. The first kappa shape index (κ1) is 11.7. The van der Waals surface area contributed by atoms with Crippen molar-refractivity contribution in [1.29, 1.82) is 0 Å². The minimum Gasteiger partial charge on any atom is -0.462 e. The molecular weight excluding hydrogens is 192 g/mol. The highest BCUT2D eigenvalue weighted by Crippen LogP contribution is 2.06. The van der Waals surface area contributed by atoms with Crippen LogP contribution in [0.3, 0.4) is 0 Å². The Morgan fingerprint density at radius 1 is 1.47 bits per heavy atom. The molecule has 0 radical (unpaired) electrons. The second-order valence-electron chi connectivity index (χ2n) is 3.54. The summed E-state index contributed by atoms with van der Waals surface area (Å²) in [6, 6.07) is 1.81. The fourth-order valence-electron chi connectivity index (χ4n) is 1.27. The monoisotopic (exact) mass is 208 g/mol. The maximum atomic E-state index is 11.4. The van der Waals surface area contributed by atoms with Crippen LogP contribution in [0.2, 0.25) is 0 Å². The van der Waals surface area contributed by atoms with Crippen LogP contribution in [0.4, 0.5) is 0 Å². The Labute approximate surface area is 89.9 Å². The van der Waals surface area contributed by atoms with Gasteiger partial charge in [-0.05, 0) is 32.6 Å². The zero-order chi connectivity index (χ0) is 11.3. The number of hydrogen-bond donors (Lipinski definition) is 0. The first-order chi connectivity index (χ1) is 7.13. The number of aromatic nitrogens is 1. The quantitative estimate of drug-likeness (QED) is 0.700. The van der Waals surface area contributed by atoms with Crippen molar-refractivity contribution in [3.63, 3.8) is 0 Å². The molecule has 0 N–H and O–H groups in total. The molecule has 4 nitrogen and oxygen atoms in total. The molecule has 1 aromatic heterocycles. The number of carbonyl (C=O) groups excluding carboxylic acids is 1. The molecule has 1 rings (SSSR count). The van der Waals surface area contributed by atoms with Crippen LogP contribution in [-0.2, 0) is 11.3 Å². The lowest BCUT2D eigenvalue weighted by atomic mass is 10.2. The van der Waals surface area contributed by atoms with E-state index in [1.165, 1.54) is 6.20 Å². The molecule has 0 aliphatic heterocycles. The van der Waals surface area contributed by atoms with E-state index < -0.39 is 0 Å². The number of nitrogens with zero attached hydrogens (tertiary/aromatic N) is 2. The van der Waals surface area contributed by atoms with E-state index in [4.69, 9.17) is 4.74 Å². The van der Waals surface area contributed by atoms with Gasteiger partial charge in [0.15, 0.2) is 0 Å². The van der Waals surface area contributed by atoms with Crippen molar-refractivity contribution in [3.05, 3.63) is 29.6 Å². The van der Waals surface area contributed by atoms with Gasteiger partial charge in [0.25, 0.3) is 0 Å². The smallest absolute Gasteiger partial charge is 0.339 e. The van der Waals surface area contributed by atoms with Gasteiger partial charge in [-0.25, -0.2) is 4.79 Å². The molecule has 1 heterocycles. The van der Waals surface area contributed by atoms with Crippen LogP contribution in [0.1, 0.15) is 22.8 Å². The van der Waals surface area contributed by atoms with Crippen LogP contribution in [0.15, 0.2) is 18.5 Å². The summed E-state index contributed by atoms with van der Waals surface area (Å²) in [6.07, 6.45) is 3.28. The molecule has 15 heavy (non-hydrogen) atoms. The number of esters is 1. The van der Waals surface area contributed by atoms with Crippen LogP contribution < -0.4 is 0 Å². The van der Waals surface area contributed by atoms with Crippen LogP contribution in [0.25, 0.3) is 0 Å². The molecule has 4 heteroatoms. The maximum absolute atomic E-state index is 11.4. The number of pyridine rings is 1. The molecule has 0 saturated heterocycles. The summed E-state index contributed by atoms with van der Waals surface area (Å²) < 4.78 is 4.90. The van der Waals surface area contributed by atoms with Crippen molar-refractivity contribution >= 4 is 5.97 Å². The van der Waals surface area contributed by atoms with Gasteiger partial charge < -0.3 is 9.64 Å². The largest absolute Gasteiger partial charge is 0.462 e. The first-order valence-electron chi connectivity index (χ1n) is 4.89. The normalized spacial score (nSPS) is 10.4. The van der Waals surface area contributed by atoms with Crippen molar-refractivity contribution in [2.24, 2.45) is 0 Å². The van der Waals surface area contributed by atoms with Gasteiger partial charge in [0.1, 0.15) is 0 Å². The first-order valence-corrected chi connectivity index (χ1v) is 4.89. The van der Waals surface area contributed by atoms with Gasteiger partial charge in [0, 0.05) is 18.9 Å². The predicted molar refractivity (Wildman–Crippen MR) is 57.6 cm³/mol. The third kappa shape index (κ3) is 3.67. The lowest BCUT2D eigenvalue weighted by Crippen LogP contribution is -2.12. The van der Waals surface area contributed by atoms with Gasteiger partial charge in [-0.2, -0.15) is 0 Å². The van der Waals surface area contributed by atoms with Crippen molar-refractivity contribution in [1.82, 2.24) is 9.88 Å². The summed E-state index contributed by atoms with van der Waals surface area (Å²) in [5, 5.41) is 0. The van der Waals surface area contributed by atoms with Gasteiger partial charge in [-0.3, -0.25) is 4.98 Å². The second kappa shape index (κ2) is 5.46. The topological polar surface area (TPSA) is 42.4 Å². The van der Waals surface area contributed by atoms with Crippen LogP contribution in [-0.4, -0.2) is 36.6 Å². The summed E-state index contributed by atoms with van der Waals surface area (Å²) in [5.74, 6) is -0.314. The average molecular weight is 208 g/mol. The molecule has 0 spiro atoms. The number of carbonyl (C=O) groups is 1. The summed E-state index contributed by atoms with van der Waals surface area (Å²) in [5.41, 5.74) is 1.52. The van der Waals surface area contributed by atoms with Crippen LogP contribution >= 0.6 is 0 Å². The van der Waals surface area contributed by atoms with E-state index in [0.29, 0.717) is 12.2 Å². The summed E-state index contributed by atoms with van der Waals surface area (Å²) in [7, 11) is 3.94. The summed E-state index contributed by atoms with van der Waals surface area (Å²) >= 11 is 0. The van der Waals surface area contributed by atoms with Crippen molar-refractivity contribution in [2.75, 3.05) is 20.7 Å². The Kier molecular flexibility index (Phi) is 4.24. The Balaban J connectivity index is 2.78. The summed E-state index contributed by atoms with van der Waals surface area (Å²) in [6.45, 7) is 2.94. The van der Waals surface area contributed by atoms with Gasteiger partial charge in [0.05, 0.1) is 12.2 Å². The predicted octanol–water partition coefficient (Wildman–Crippen LogP) is 1.32. The molecule has 0 aliphatic carbocycles. The number of hydrogen-bond acceptors (Lipinski definition) is 4. The van der Waals surface area contributed by atoms with Gasteiger partial charge in [-0.1, -0.05) is 0 Å². The van der Waals surface area contributed by atoms with E-state index in [-0.39, 0.29) is 5.97 Å². The number of ether oxygens (including phenoxy) is 1. The Hall–Kier alpha value is -1.42. The van der Waals surface area contributed by atoms with Crippen molar-refractivity contribution in [2.45, 2.75) is 13.5 Å². The summed E-state index contributed by atoms with van der Waals surface area (Å²) in [4.78, 5) is 17.4. The molecule has 0 unspecified atom stereocenters. The van der Waals surface area contributed by atoms with Crippen molar-refractivity contribution in [3.8, 4) is 0 Å². The standard InChI is InChI=1S/C11H16N2O2/c1-4-15-11(14)10-5-9(6-12-7-10)8-13(2)3/h5-7H,4,8H2,1-3H3. The van der Waals surface area contributed by atoms with Crippen molar-refractivity contribution < 1.29 is 9.53 Å². The fraction of sp³-hybridized carbons (Fsp3) is 0.455. The van der Waals surface area contributed by atoms with Gasteiger partial charge in [-0.15, -0.1) is 0 Å². The highest BCUT2D eigenvalue weighted by Gasteiger charge is 2.07. The molecule has 0 amide bonds. The average Bonchev–Trinajstić information content (AvgIpc) is 2.17. The molecule has 82 valence electrons. The molecule has 0 aromatic carbocycles. The Morgan fingerprint density at radius 2 is 2.20 bits per heavy atom. The third-order valence-corrected chi connectivity index (χ3v) is 1.80. The van der Waals surface area contributed by atoms with Gasteiger partial charge >= 0.3 is 5.97 Å². The molecule has 0 aliphatic rings. The van der Waals surface area contributed by atoms with E-state index in [9.17, 15) is 4.79 Å². The Morgan fingerprint density at radius 3 is 2.80 bits per heavy atom. The second-order valence-corrected chi connectivity index (χ2v) is 3.54. The van der Waals surface area contributed by atoms with E-state index in [1.807, 2.05) is 25.1 Å². The molecule has 0 fully saturated rings. The number of rotatable bonds is 4. The lowest BCUT2D eigenvalue weighted by Gasteiger charge is -2.09. The van der Waals surface area contributed by atoms with E-state index in [2.05, 4.69) is 4.98 Å². The zero-order valence-corrected chi connectivity index (χ0v) is 9.36. The molecular formula is C11H16N2O2. The minimum atomic E-state index is -0.314. The lowest BCUT2D eigenvalue weighted by molar-refractivity contribution is 0.0525. The minimum absolute atomic E-state index is 0.314. The highest BCUT2D eigenvalue weighted by molar-refractivity contribution is 5.89. The molecule has 0 bridgehead atoms. The maximum Gasteiger partial charge on any atom is 0.339 e. The highest BCUT2D eigenvalue weighted by atomic mass is 16.5. The third-order valence-electron chi connectivity index (χ3n) is 1.80. The molecule has 1 aromatic rings. The van der Waals surface area contributed by atoms with E-state index >= 15 is 0 Å². The van der Waals surface area contributed by atoms with Gasteiger partial charge in [0.2, 0.25) is 0 Å². The fourth-order valence-corrected chi connectivity index (χ4v) is 1.27.